The first kappa shape index (κ1) is 8.73. The molecular formula is C8H6N2OS. The molecule has 12 heavy (non-hydrogen) atoms. The number of thiazole rings is 1. The quantitative estimate of drug-likeness (QED) is 0.649. The van der Waals surface area contributed by atoms with Gasteiger partial charge in [-0.25, -0.2) is 4.98 Å². The summed E-state index contributed by atoms with van der Waals surface area (Å²) in [5, 5.41) is 19.9. The van der Waals surface area contributed by atoms with Crippen molar-refractivity contribution in [3.8, 4) is 18.4 Å². The summed E-state index contributed by atoms with van der Waals surface area (Å²) in [7, 11) is 0. The SMILES string of the molecule is C#C[C@](C)(O)c1nc(C#N)cs1. The van der Waals surface area contributed by atoms with Crippen molar-refractivity contribution in [1.82, 2.24) is 4.98 Å². The number of nitrogens with zero attached hydrogens (tertiary/aromatic N) is 2. The zero-order valence-electron chi connectivity index (χ0n) is 6.40. The largest absolute Gasteiger partial charge is 0.371 e. The second kappa shape index (κ2) is 2.94. The minimum absolute atomic E-state index is 0.283. The molecule has 3 nitrogen and oxygen atoms in total. The Bertz CT molecular complexity index is 367. The predicted octanol–water partition coefficient (Wildman–Crippen LogP) is 0.855. The number of terminal acetylenes is 1. The molecule has 0 aliphatic carbocycles. The smallest absolute Gasteiger partial charge is 0.174 e. The second-order valence-corrected chi connectivity index (χ2v) is 3.22. The van der Waals surface area contributed by atoms with E-state index in [0.29, 0.717) is 5.01 Å². The summed E-state index contributed by atoms with van der Waals surface area (Å²) < 4.78 is 0. The van der Waals surface area contributed by atoms with Crippen molar-refractivity contribution in [3.05, 3.63) is 16.1 Å². The molecular weight excluding hydrogens is 172 g/mol. The lowest BCUT2D eigenvalue weighted by molar-refractivity contribution is 0.122. The molecule has 1 N–H and O–H groups in total. The van der Waals surface area contributed by atoms with Crippen LogP contribution in [-0.4, -0.2) is 10.1 Å². The fourth-order valence-electron chi connectivity index (χ4n) is 0.610. The average Bonchev–Trinajstić information content (AvgIpc) is 2.52. The van der Waals surface area contributed by atoms with Crippen molar-refractivity contribution in [2.45, 2.75) is 12.5 Å². The second-order valence-electron chi connectivity index (χ2n) is 2.37. The summed E-state index contributed by atoms with van der Waals surface area (Å²) >= 11 is 1.18. The van der Waals surface area contributed by atoms with Gasteiger partial charge in [-0.05, 0) is 6.92 Å². The Morgan fingerprint density at radius 1 is 1.83 bits per heavy atom. The van der Waals surface area contributed by atoms with Crippen molar-refractivity contribution in [3.63, 3.8) is 0 Å². The molecule has 0 bridgehead atoms. The fraction of sp³-hybridized carbons (Fsp3) is 0.250. The Labute approximate surface area is 74.3 Å². The molecule has 0 aliphatic heterocycles. The first-order valence-electron chi connectivity index (χ1n) is 3.16. The molecule has 0 amide bonds. The molecule has 1 atom stereocenters. The Morgan fingerprint density at radius 3 is 2.92 bits per heavy atom. The van der Waals surface area contributed by atoms with E-state index in [1.165, 1.54) is 18.3 Å². The van der Waals surface area contributed by atoms with Gasteiger partial charge in [-0.2, -0.15) is 5.26 Å². The maximum atomic E-state index is 9.51. The molecule has 4 heteroatoms. The van der Waals surface area contributed by atoms with Gasteiger partial charge < -0.3 is 5.11 Å². The lowest BCUT2D eigenvalue weighted by Crippen LogP contribution is -2.17. The summed E-state index contributed by atoms with van der Waals surface area (Å²) in [6.45, 7) is 1.47. The Morgan fingerprint density at radius 2 is 2.50 bits per heavy atom. The zero-order chi connectivity index (χ0) is 9.19. The Kier molecular flexibility index (Phi) is 2.14. The molecule has 0 saturated heterocycles. The van der Waals surface area contributed by atoms with Crippen LogP contribution < -0.4 is 0 Å². The molecule has 0 radical (unpaired) electrons. The van der Waals surface area contributed by atoms with E-state index in [1.807, 2.05) is 6.07 Å². The van der Waals surface area contributed by atoms with Crippen LogP contribution in [0.2, 0.25) is 0 Å². The summed E-state index contributed by atoms with van der Waals surface area (Å²) in [4.78, 5) is 3.84. The van der Waals surface area contributed by atoms with Gasteiger partial charge in [0.2, 0.25) is 0 Å². The maximum Gasteiger partial charge on any atom is 0.174 e. The van der Waals surface area contributed by atoms with Gasteiger partial charge in [-0.3, -0.25) is 0 Å². The van der Waals surface area contributed by atoms with Crippen LogP contribution in [0.3, 0.4) is 0 Å². The van der Waals surface area contributed by atoms with Crippen LogP contribution >= 0.6 is 11.3 Å². The molecule has 1 aromatic heterocycles. The minimum atomic E-state index is -1.36. The number of aliphatic hydroxyl groups is 1. The van der Waals surface area contributed by atoms with Crippen LogP contribution in [0.25, 0.3) is 0 Å². The van der Waals surface area contributed by atoms with E-state index in [2.05, 4.69) is 10.9 Å². The number of hydrogen-bond donors (Lipinski definition) is 1. The van der Waals surface area contributed by atoms with Gasteiger partial charge in [0.05, 0.1) is 0 Å². The third-order valence-electron chi connectivity index (χ3n) is 1.32. The molecule has 0 spiro atoms. The highest BCUT2D eigenvalue weighted by Gasteiger charge is 2.23. The number of hydrogen-bond acceptors (Lipinski definition) is 4. The molecule has 0 fully saturated rings. The lowest BCUT2D eigenvalue weighted by Gasteiger charge is -2.10. The topological polar surface area (TPSA) is 56.9 Å². The van der Waals surface area contributed by atoms with E-state index in [4.69, 9.17) is 11.7 Å². The fourth-order valence-corrected chi connectivity index (χ4v) is 1.38. The van der Waals surface area contributed by atoms with Crippen molar-refractivity contribution < 1.29 is 5.11 Å². The number of aromatic nitrogens is 1. The highest BCUT2D eigenvalue weighted by atomic mass is 32.1. The summed E-state index contributed by atoms with van der Waals surface area (Å²) in [5.41, 5.74) is -1.08. The van der Waals surface area contributed by atoms with Crippen LogP contribution in [0.15, 0.2) is 5.38 Å². The van der Waals surface area contributed by atoms with Gasteiger partial charge in [0.25, 0.3) is 0 Å². The maximum absolute atomic E-state index is 9.51. The van der Waals surface area contributed by atoms with Crippen LogP contribution in [0.4, 0.5) is 0 Å². The van der Waals surface area contributed by atoms with Crippen LogP contribution in [0.5, 0.6) is 0 Å². The van der Waals surface area contributed by atoms with E-state index in [1.54, 1.807) is 5.38 Å². The van der Waals surface area contributed by atoms with E-state index in [-0.39, 0.29) is 5.69 Å². The molecule has 1 rings (SSSR count). The number of nitriles is 1. The highest BCUT2D eigenvalue weighted by Crippen LogP contribution is 2.22. The third-order valence-corrected chi connectivity index (χ3v) is 2.37. The monoisotopic (exact) mass is 178 g/mol. The summed E-state index contributed by atoms with van der Waals surface area (Å²) in [6, 6.07) is 1.86. The van der Waals surface area contributed by atoms with E-state index >= 15 is 0 Å². The van der Waals surface area contributed by atoms with Crippen LogP contribution in [-0.2, 0) is 5.60 Å². The molecule has 0 aromatic carbocycles. The van der Waals surface area contributed by atoms with Crippen molar-refractivity contribution in [2.75, 3.05) is 0 Å². The predicted molar refractivity (Wildman–Crippen MR) is 45.2 cm³/mol. The summed E-state index contributed by atoms with van der Waals surface area (Å²) in [5.74, 6) is 2.19. The molecule has 0 saturated carbocycles. The van der Waals surface area contributed by atoms with Crippen molar-refractivity contribution in [1.29, 1.82) is 5.26 Å². The Hall–Kier alpha value is -1.36. The first-order valence-corrected chi connectivity index (χ1v) is 4.04. The Balaban J connectivity index is 3.08. The van der Waals surface area contributed by atoms with E-state index in [0.717, 1.165) is 0 Å². The minimum Gasteiger partial charge on any atom is -0.371 e. The van der Waals surface area contributed by atoms with E-state index in [9.17, 15) is 5.11 Å². The van der Waals surface area contributed by atoms with Gasteiger partial charge in [0.15, 0.2) is 11.3 Å². The first-order chi connectivity index (χ1) is 5.60. The zero-order valence-corrected chi connectivity index (χ0v) is 7.22. The van der Waals surface area contributed by atoms with Crippen molar-refractivity contribution in [2.24, 2.45) is 0 Å². The number of rotatable bonds is 1. The van der Waals surface area contributed by atoms with Gasteiger partial charge in [-0.15, -0.1) is 17.8 Å². The van der Waals surface area contributed by atoms with Gasteiger partial charge in [-0.1, -0.05) is 5.92 Å². The van der Waals surface area contributed by atoms with Crippen LogP contribution in [0, 0.1) is 23.7 Å². The van der Waals surface area contributed by atoms with Gasteiger partial charge in [0.1, 0.15) is 11.1 Å². The molecule has 1 aromatic rings. The standard InChI is InChI=1S/C8H6N2OS/c1-3-8(2,11)7-10-6(4-9)5-12-7/h1,5,11H,2H3/t8-/m0/s1. The lowest BCUT2D eigenvalue weighted by atomic mass is 10.1. The molecule has 1 heterocycles. The van der Waals surface area contributed by atoms with Crippen LogP contribution in [0.1, 0.15) is 17.6 Å². The van der Waals surface area contributed by atoms with Gasteiger partial charge in [0, 0.05) is 5.38 Å². The van der Waals surface area contributed by atoms with Crippen molar-refractivity contribution >= 4 is 11.3 Å². The third kappa shape index (κ3) is 1.45. The van der Waals surface area contributed by atoms with E-state index < -0.39 is 5.60 Å². The van der Waals surface area contributed by atoms with Gasteiger partial charge >= 0.3 is 0 Å². The normalized spacial score (nSPS) is 14.3. The molecule has 60 valence electrons. The molecule has 0 aliphatic rings. The molecule has 0 unspecified atom stereocenters. The average molecular weight is 178 g/mol. The summed E-state index contributed by atoms with van der Waals surface area (Å²) in [6.07, 6.45) is 5.07. The highest BCUT2D eigenvalue weighted by molar-refractivity contribution is 7.09.